The second-order valence-corrected chi connectivity index (χ2v) is 7.99. The Kier molecular flexibility index (Phi) is 4.38. The van der Waals surface area contributed by atoms with Crippen LogP contribution in [0.15, 0.2) is 15.9 Å². The first-order valence-corrected chi connectivity index (χ1v) is 8.34. The lowest BCUT2D eigenvalue weighted by molar-refractivity contribution is 0.425. The Balaban J connectivity index is 2.08. The molecule has 0 bridgehead atoms. The first-order valence-electron chi connectivity index (χ1n) is 5.69. The second-order valence-electron chi connectivity index (χ2n) is 4.50. The zero-order valence-electron chi connectivity index (χ0n) is 9.75. The molecular weight excluding hydrogens is 302 g/mol. The summed E-state index contributed by atoms with van der Waals surface area (Å²) in [7, 11) is 2.09. The Labute approximate surface area is 115 Å². The maximum absolute atomic E-state index is 3.63. The molecule has 0 aliphatic carbocycles. The number of likely N-dealkylation sites (N-methyl/N-ethyl adjacent to an activating group) is 1. The van der Waals surface area contributed by atoms with Crippen molar-refractivity contribution in [2.45, 2.75) is 37.0 Å². The number of thiophene rings is 1. The number of rotatable bonds is 4. The van der Waals surface area contributed by atoms with Gasteiger partial charge in [0.1, 0.15) is 0 Å². The number of hydrogen-bond donors (Lipinski definition) is 1. The molecule has 1 aliphatic heterocycles. The first kappa shape index (κ1) is 12.9. The topological polar surface area (TPSA) is 12.0 Å². The molecule has 0 saturated carbocycles. The van der Waals surface area contributed by atoms with E-state index in [4.69, 9.17) is 0 Å². The lowest BCUT2D eigenvalue weighted by Crippen LogP contribution is -2.44. The van der Waals surface area contributed by atoms with E-state index in [0.29, 0.717) is 10.8 Å². The fourth-order valence-electron chi connectivity index (χ4n) is 2.35. The molecule has 1 aromatic heterocycles. The molecule has 1 N–H and O–H groups in total. The maximum atomic E-state index is 3.63. The fraction of sp³-hybridized carbons (Fsp3) is 0.667. The minimum atomic E-state index is 0.415. The molecule has 1 fully saturated rings. The summed E-state index contributed by atoms with van der Waals surface area (Å²) in [4.78, 5) is 1.47. The summed E-state index contributed by atoms with van der Waals surface area (Å²) in [6.07, 6.45) is 3.84. The number of nitrogens with one attached hydrogen (secondary N) is 1. The van der Waals surface area contributed by atoms with Gasteiger partial charge in [0.05, 0.1) is 0 Å². The fourth-order valence-corrected chi connectivity index (χ4v) is 5.36. The predicted molar refractivity (Wildman–Crippen MR) is 78.7 cm³/mol. The van der Waals surface area contributed by atoms with Gasteiger partial charge < -0.3 is 5.32 Å². The van der Waals surface area contributed by atoms with Crippen molar-refractivity contribution in [3.05, 3.63) is 20.8 Å². The normalized spacial score (nSPS) is 27.2. The summed E-state index contributed by atoms with van der Waals surface area (Å²) < 4.78 is 1.68. The van der Waals surface area contributed by atoms with Crippen LogP contribution in [0.3, 0.4) is 0 Å². The highest BCUT2D eigenvalue weighted by Gasteiger charge is 2.37. The second kappa shape index (κ2) is 5.42. The molecule has 1 saturated heterocycles. The van der Waals surface area contributed by atoms with Gasteiger partial charge in [0, 0.05) is 20.1 Å². The van der Waals surface area contributed by atoms with Crippen LogP contribution in [0.1, 0.15) is 24.6 Å². The molecule has 90 valence electrons. The van der Waals surface area contributed by atoms with E-state index in [1.165, 1.54) is 27.9 Å². The minimum Gasteiger partial charge on any atom is -0.315 e. The van der Waals surface area contributed by atoms with Crippen molar-refractivity contribution >= 4 is 39.0 Å². The summed E-state index contributed by atoms with van der Waals surface area (Å²) in [6.45, 7) is 2.41. The van der Waals surface area contributed by atoms with Gasteiger partial charge in [-0.1, -0.05) is 0 Å². The third-order valence-corrected chi connectivity index (χ3v) is 7.01. The van der Waals surface area contributed by atoms with E-state index >= 15 is 0 Å². The Hall–Kier alpha value is 0.490. The summed E-state index contributed by atoms with van der Waals surface area (Å²) in [6, 6.07) is 2.73. The van der Waals surface area contributed by atoms with E-state index in [0.717, 1.165) is 6.42 Å². The van der Waals surface area contributed by atoms with E-state index in [9.17, 15) is 0 Å². The monoisotopic (exact) mass is 319 g/mol. The van der Waals surface area contributed by atoms with Gasteiger partial charge in [-0.15, -0.1) is 11.3 Å². The Morgan fingerprint density at radius 1 is 1.62 bits per heavy atom. The summed E-state index contributed by atoms with van der Waals surface area (Å²) in [5.74, 6) is 1.32. The average molecular weight is 320 g/mol. The molecule has 2 atom stereocenters. The first-order chi connectivity index (χ1) is 7.65. The Morgan fingerprint density at radius 2 is 2.44 bits per heavy atom. The molecule has 2 unspecified atom stereocenters. The van der Waals surface area contributed by atoms with Crippen LogP contribution < -0.4 is 5.32 Å². The SMILES string of the molecule is CNC(Cc1sccc1Br)C1(C)CCCS1. The molecule has 0 amide bonds. The van der Waals surface area contributed by atoms with Crippen molar-refractivity contribution in [3.8, 4) is 0 Å². The quantitative estimate of drug-likeness (QED) is 0.902. The van der Waals surface area contributed by atoms with Crippen molar-refractivity contribution < 1.29 is 0 Å². The van der Waals surface area contributed by atoms with Crippen molar-refractivity contribution in [3.63, 3.8) is 0 Å². The van der Waals surface area contributed by atoms with Gasteiger partial charge in [-0.25, -0.2) is 0 Å². The van der Waals surface area contributed by atoms with E-state index in [1.54, 1.807) is 0 Å². The molecule has 0 spiro atoms. The van der Waals surface area contributed by atoms with Crippen LogP contribution in [-0.4, -0.2) is 23.6 Å². The highest BCUT2D eigenvalue weighted by molar-refractivity contribution is 9.10. The Bertz CT molecular complexity index is 345. The molecule has 0 aromatic carbocycles. The van der Waals surface area contributed by atoms with Gasteiger partial charge in [0.2, 0.25) is 0 Å². The van der Waals surface area contributed by atoms with E-state index in [1.807, 2.05) is 11.3 Å². The number of thioether (sulfide) groups is 1. The minimum absolute atomic E-state index is 0.415. The third-order valence-electron chi connectivity index (χ3n) is 3.42. The lowest BCUT2D eigenvalue weighted by Gasteiger charge is -2.33. The predicted octanol–water partition coefficient (Wildman–Crippen LogP) is 3.93. The van der Waals surface area contributed by atoms with E-state index in [2.05, 4.69) is 58.4 Å². The van der Waals surface area contributed by atoms with Crippen LogP contribution in [0.2, 0.25) is 0 Å². The van der Waals surface area contributed by atoms with E-state index in [-0.39, 0.29) is 0 Å². The standard InChI is InChI=1S/C12H18BrNS2/c1-12(5-3-6-16-12)11(14-2)8-10-9(13)4-7-15-10/h4,7,11,14H,3,5-6,8H2,1-2H3. The lowest BCUT2D eigenvalue weighted by atomic mass is 9.93. The molecule has 1 aliphatic rings. The summed E-state index contributed by atoms with van der Waals surface area (Å²) >= 11 is 7.61. The van der Waals surface area contributed by atoms with Crippen LogP contribution in [0.4, 0.5) is 0 Å². The van der Waals surface area contributed by atoms with Gasteiger partial charge in [-0.2, -0.15) is 11.8 Å². The largest absolute Gasteiger partial charge is 0.315 e. The number of hydrogen-bond acceptors (Lipinski definition) is 3. The van der Waals surface area contributed by atoms with Crippen molar-refractivity contribution in [2.24, 2.45) is 0 Å². The number of halogens is 1. The molecule has 2 rings (SSSR count). The maximum Gasteiger partial charge on any atom is 0.0314 e. The molecule has 16 heavy (non-hydrogen) atoms. The highest BCUT2D eigenvalue weighted by atomic mass is 79.9. The van der Waals surface area contributed by atoms with Crippen LogP contribution in [0.25, 0.3) is 0 Å². The van der Waals surface area contributed by atoms with Crippen LogP contribution in [-0.2, 0) is 6.42 Å². The van der Waals surface area contributed by atoms with Gasteiger partial charge in [-0.05, 0) is 66.4 Å². The van der Waals surface area contributed by atoms with Gasteiger partial charge >= 0.3 is 0 Å². The van der Waals surface area contributed by atoms with Gasteiger partial charge in [-0.3, -0.25) is 0 Å². The molecular formula is C12H18BrNS2. The molecule has 0 radical (unpaired) electrons. The van der Waals surface area contributed by atoms with Crippen LogP contribution in [0, 0.1) is 0 Å². The van der Waals surface area contributed by atoms with Crippen molar-refractivity contribution in [1.29, 1.82) is 0 Å². The van der Waals surface area contributed by atoms with Crippen LogP contribution >= 0.6 is 39.0 Å². The van der Waals surface area contributed by atoms with Gasteiger partial charge in [0.25, 0.3) is 0 Å². The third kappa shape index (κ3) is 2.66. The smallest absolute Gasteiger partial charge is 0.0314 e. The zero-order valence-corrected chi connectivity index (χ0v) is 13.0. The highest BCUT2D eigenvalue weighted by Crippen LogP contribution is 2.42. The molecule has 1 aromatic rings. The molecule has 4 heteroatoms. The van der Waals surface area contributed by atoms with E-state index < -0.39 is 0 Å². The summed E-state index contributed by atoms with van der Waals surface area (Å²) in [5.41, 5.74) is 0. The molecule has 2 heterocycles. The average Bonchev–Trinajstić information content (AvgIpc) is 2.85. The summed E-state index contributed by atoms with van der Waals surface area (Å²) in [5, 5.41) is 5.68. The Morgan fingerprint density at radius 3 is 2.94 bits per heavy atom. The molecule has 1 nitrogen and oxygen atoms in total. The van der Waals surface area contributed by atoms with Crippen molar-refractivity contribution in [2.75, 3.05) is 12.8 Å². The van der Waals surface area contributed by atoms with Gasteiger partial charge in [0.15, 0.2) is 0 Å². The zero-order chi connectivity index (χ0) is 11.6. The van der Waals surface area contributed by atoms with Crippen molar-refractivity contribution in [1.82, 2.24) is 5.32 Å². The van der Waals surface area contributed by atoms with Crippen LogP contribution in [0.5, 0.6) is 0 Å².